The Balaban J connectivity index is 2.12. The van der Waals surface area contributed by atoms with Gasteiger partial charge in [0.2, 0.25) is 0 Å². The van der Waals surface area contributed by atoms with E-state index >= 15 is 0 Å². The quantitative estimate of drug-likeness (QED) is 0.914. The van der Waals surface area contributed by atoms with Gasteiger partial charge in [-0.05, 0) is 30.5 Å². The number of hydrogen-bond acceptors (Lipinski definition) is 3. The molecular weight excluding hydrogens is 290 g/mol. The van der Waals surface area contributed by atoms with Crippen molar-refractivity contribution in [3.63, 3.8) is 0 Å². The number of aliphatic carboxylic acids is 1. The molecule has 0 radical (unpaired) electrons. The predicted octanol–water partition coefficient (Wildman–Crippen LogP) is 1.50. The summed E-state index contributed by atoms with van der Waals surface area (Å²) in [6.07, 6.45) is 2.95. The van der Waals surface area contributed by atoms with Crippen molar-refractivity contribution in [1.29, 1.82) is 0 Å². The number of likely N-dealkylation sites (tertiary alicyclic amines) is 1. The summed E-state index contributed by atoms with van der Waals surface area (Å²) >= 11 is 0. The average molecular weight is 309 g/mol. The molecule has 1 N–H and O–H groups in total. The van der Waals surface area contributed by atoms with E-state index in [-0.39, 0.29) is 12.5 Å². The first-order valence-electron chi connectivity index (χ1n) is 6.88. The lowest BCUT2D eigenvalue weighted by atomic mass is 9.97. The van der Waals surface area contributed by atoms with Gasteiger partial charge in [-0.3, -0.25) is 13.8 Å². The van der Waals surface area contributed by atoms with E-state index < -0.39 is 22.7 Å². The molecule has 0 bridgehead atoms. The molecule has 21 heavy (non-hydrogen) atoms. The molecular formula is C15H19NO4S. The zero-order chi connectivity index (χ0) is 15.4. The number of carbonyl (C=O) groups excluding carboxylic acids is 1. The monoisotopic (exact) mass is 309 g/mol. The molecule has 114 valence electrons. The number of piperidine rings is 1. The van der Waals surface area contributed by atoms with Crippen LogP contribution >= 0.6 is 0 Å². The van der Waals surface area contributed by atoms with Crippen molar-refractivity contribution in [2.24, 2.45) is 5.92 Å². The van der Waals surface area contributed by atoms with Gasteiger partial charge in [0, 0.05) is 41.5 Å². The minimum absolute atomic E-state index is 0.148. The topological polar surface area (TPSA) is 74.7 Å². The Kier molecular flexibility index (Phi) is 5.12. The molecule has 1 aliphatic rings. The number of carboxylic acid groups (broad SMARTS) is 1. The van der Waals surface area contributed by atoms with Crippen LogP contribution in [0.5, 0.6) is 0 Å². The largest absolute Gasteiger partial charge is 0.481 e. The lowest BCUT2D eigenvalue weighted by Crippen LogP contribution is -2.42. The van der Waals surface area contributed by atoms with Gasteiger partial charge in [0.05, 0.1) is 5.92 Å². The molecule has 2 atom stereocenters. The van der Waals surface area contributed by atoms with E-state index in [1.807, 2.05) is 6.07 Å². The Morgan fingerprint density at radius 2 is 2.19 bits per heavy atom. The summed E-state index contributed by atoms with van der Waals surface area (Å²) in [6.45, 7) is 0.852. The summed E-state index contributed by atoms with van der Waals surface area (Å²) < 4.78 is 11.3. The maximum Gasteiger partial charge on any atom is 0.308 e. The molecule has 1 saturated heterocycles. The second-order valence-electron chi connectivity index (χ2n) is 5.35. The molecule has 0 aromatic heterocycles. The normalized spacial score (nSPS) is 20.0. The Morgan fingerprint density at radius 3 is 2.86 bits per heavy atom. The molecule has 1 fully saturated rings. The molecule has 6 heteroatoms. The highest BCUT2D eigenvalue weighted by atomic mass is 32.2. The Hall–Kier alpha value is -1.69. The molecule has 1 aliphatic heterocycles. The Labute approximate surface area is 126 Å². The third-order valence-electron chi connectivity index (χ3n) is 3.60. The first-order chi connectivity index (χ1) is 9.97. The van der Waals surface area contributed by atoms with Crippen molar-refractivity contribution in [3.05, 3.63) is 35.4 Å². The van der Waals surface area contributed by atoms with Crippen molar-refractivity contribution in [3.8, 4) is 0 Å². The van der Waals surface area contributed by atoms with Crippen LogP contribution in [0.4, 0.5) is 0 Å². The smallest absolute Gasteiger partial charge is 0.308 e. The second-order valence-corrected chi connectivity index (χ2v) is 6.78. The lowest BCUT2D eigenvalue weighted by molar-refractivity contribution is -0.143. The van der Waals surface area contributed by atoms with E-state index in [0.29, 0.717) is 30.7 Å². The summed E-state index contributed by atoms with van der Waals surface area (Å²) in [7, 11) is -0.957. The molecule has 0 spiro atoms. The molecule has 0 saturated carbocycles. The number of rotatable bonds is 4. The van der Waals surface area contributed by atoms with Crippen LogP contribution < -0.4 is 0 Å². The van der Waals surface area contributed by atoms with E-state index in [1.165, 1.54) is 0 Å². The fraction of sp³-hybridized carbons (Fsp3) is 0.467. The van der Waals surface area contributed by atoms with Crippen LogP contribution in [-0.2, 0) is 21.3 Å². The highest BCUT2D eigenvalue weighted by molar-refractivity contribution is 7.83. The highest BCUT2D eigenvalue weighted by Crippen LogP contribution is 2.19. The van der Waals surface area contributed by atoms with Gasteiger partial charge in [0.1, 0.15) is 0 Å². The maximum atomic E-state index is 12.5. The second kappa shape index (κ2) is 6.85. The van der Waals surface area contributed by atoms with Gasteiger partial charge in [-0.25, -0.2) is 0 Å². The SMILES string of the molecule is CS(=O)Cc1cccc(C(=O)N2CCCC(C(=O)O)C2)c1. The van der Waals surface area contributed by atoms with Crippen LogP contribution in [0.25, 0.3) is 0 Å². The molecule has 1 aromatic rings. The number of amides is 1. The summed E-state index contributed by atoms with van der Waals surface area (Å²) in [5.41, 5.74) is 1.39. The maximum absolute atomic E-state index is 12.5. The van der Waals surface area contributed by atoms with Gasteiger partial charge in [0.15, 0.2) is 0 Å². The van der Waals surface area contributed by atoms with Crippen LogP contribution in [0.15, 0.2) is 24.3 Å². The zero-order valence-corrected chi connectivity index (χ0v) is 12.8. The van der Waals surface area contributed by atoms with E-state index in [4.69, 9.17) is 5.11 Å². The number of carboxylic acids is 1. The lowest BCUT2D eigenvalue weighted by Gasteiger charge is -2.30. The molecule has 2 unspecified atom stereocenters. The van der Waals surface area contributed by atoms with Crippen LogP contribution in [0, 0.1) is 5.92 Å². The van der Waals surface area contributed by atoms with Crippen molar-refractivity contribution in [2.75, 3.05) is 19.3 Å². The number of nitrogens with zero attached hydrogens (tertiary/aromatic N) is 1. The molecule has 5 nitrogen and oxygen atoms in total. The minimum atomic E-state index is -0.957. The van der Waals surface area contributed by atoms with Crippen molar-refractivity contribution < 1.29 is 18.9 Å². The number of carbonyl (C=O) groups is 2. The van der Waals surface area contributed by atoms with Crippen molar-refractivity contribution in [2.45, 2.75) is 18.6 Å². The van der Waals surface area contributed by atoms with Gasteiger partial charge in [-0.1, -0.05) is 12.1 Å². The van der Waals surface area contributed by atoms with Crippen molar-refractivity contribution in [1.82, 2.24) is 4.90 Å². The summed E-state index contributed by atoms with van der Waals surface area (Å²) in [4.78, 5) is 25.1. The minimum Gasteiger partial charge on any atom is -0.481 e. The standard InChI is InChI=1S/C15H19NO4S/c1-21(20)10-11-4-2-5-12(8-11)14(17)16-7-3-6-13(9-16)15(18)19/h2,4-5,8,13H,3,6-7,9-10H2,1H3,(H,18,19). The molecule has 2 rings (SSSR count). The summed E-state index contributed by atoms with van der Waals surface area (Å²) in [5.74, 6) is -1.06. The van der Waals surface area contributed by atoms with E-state index in [9.17, 15) is 13.8 Å². The van der Waals surface area contributed by atoms with Crippen LogP contribution in [0.3, 0.4) is 0 Å². The van der Waals surface area contributed by atoms with Gasteiger partial charge >= 0.3 is 5.97 Å². The van der Waals surface area contributed by atoms with Gasteiger partial charge in [-0.2, -0.15) is 0 Å². The van der Waals surface area contributed by atoms with Gasteiger partial charge < -0.3 is 10.0 Å². The first-order valence-corrected chi connectivity index (χ1v) is 8.61. The predicted molar refractivity (Wildman–Crippen MR) is 80.5 cm³/mol. The summed E-state index contributed by atoms with van der Waals surface area (Å²) in [5, 5.41) is 9.08. The third-order valence-corrected chi connectivity index (χ3v) is 4.34. The van der Waals surface area contributed by atoms with E-state index in [0.717, 1.165) is 5.56 Å². The van der Waals surface area contributed by atoms with E-state index in [1.54, 1.807) is 29.4 Å². The molecule has 1 aromatic carbocycles. The number of benzene rings is 1. The van der Waals surface area contributed by atoms with E-state index in [2.05, 4.69) is 0 Å². The fourth-order valence-corrected chi connectivity index (χ4v) is 3.22. The van der Waals surface area contributed by atoms with Gasteiger partial charge in [0.25, 0.3) is 5.91 Å². The zero-order valence-electron chi connectivity index (χ0n) is 11.9. The van der Waals surface area contributed by atoms with Crippen LogP contribution in [-0.4, -0.2) is 45.4 Å². The summed E-state index contributed by atoms with van der Waals surface area (Å²) in [6, 6.07) is 7.07. The average Bonchev–Trinajstić information content (AvgIpc) is 2.46. The third kappa shape index (κ3) is 4.14. The molecule has 1 amide bonds. The van der Waals surface area contributed by atoms with Crippen LogP contribution in [0.2, 0.25) is 0 Å². The molecule has 0 aliphatic carbocycles. The van der Waals surface area contributed by atoms with Crippen LogP contribution in [0.1, 0.15) is 28.8 Å². The first kappa shape index (κ1) is 15.7. The Bertz CT molecular complexity index is 573. The fourth-order valence-electron chi connectivity index (χ4n) is 2.57. The Morgan fingerprint density at radius 1 is 1.43 bits per heavy atom. The van der Waals surface area contributed by atoms with Crippen molar-refractivity contribution >= 4 is 22.7 Å². The molecule has 1 heterocycles. The number of hydrogen-bond donors (Lipinski definition) is 1. The highest BCUT2D eigenvalue weighted by Gasteiger charge is 2.28. The van der Waals surface area contributed by atoms with Gasteiger partial charge in [-0.15, -0.1) is 0 Å².